The summed E-state index contributed by atoms with van der Waals surface area (Å²) in [6, 6.07) is 1.69. The number of nitrogens with one attached hydrogen (secondary N) is 2. The van der Waals surface area contributed by atoms with Crippen LogP contribution in [0, 0.1) is 5.92 Å². The van der Waals surface area contributed by atoms with Gasteiger partial charge < -0.3 is 20.7 Å². The molecule has 0 aromatic heterocycles. The monoisotopic (exact) mass is 414 g/mol. The minimum absolute atomic E-state index is 0.0435. The minimum atomic E-state index is -4.79. The van der Waals surface area contributed by atoms with E-state index in [0.717, 1.165) is 25.0 Å². The highest BCUT2D eigenvalue weighted by Crippen LogP contribution is 2.37. The summed E-state index contributed by atoms with van der Waals surface area (Å²) in [5.74, 6) is -2.08. The molecule has 8 nitrogen and oxygen atoms in total. The summed E-state index contributed by atoms with van der Waals surface area (Å²) in [5.41, 5.74) is 3.61. The first-order valence-electron chi connectivity index (χ1n) is 9.09. The van der Waals surface area contributed by atoms with Crippen LogP contribution in [0.4, 0.5) is 24.5 Å². The number of carbonyl (C=O) groups is 3. The molecule has 1 saturated carbocycles. The number of primary amides is 1. The van der Waals surface area contributed by atoms with Crippen molar-refractivity contribution in [3.63, 3.8) is 0 Å². The number of benzene rings is 1. The highest BCUT2D eigenvalue weighted by atomic mass is 19.4. The van der Waals surface area contributed by atoms with Gasteiger partial charge in [0, 0.05) is 12.2 Å². The van der Waals surface area contributed by atoms with Gasteiger partial charge >= 0.3 is 6.18 Å². The molecule has 0 spiro atoms. The van der Waals surface area contributed by atoms with E-state index in [2.05, 4.69) is 10.6 Å². The van der Waals surface area contributed by atoms with Crippen LogP contribution in [0.2, 0.25) is 0 Å². The maximum absolute atomic E-state index is 13.6. The molecular weight excluding hydrogens is 393 g/mol. The number of nitrogens with two attached hydrogens (primary N) is 1. The summed E-state index contributed by atoms with van der Waals surface area (Å²) >= 11 is 0. The third-order valence-corrected chi connectivity index (χ3v) is 4.72. The molecule has 2 aliphatic rings. The highest BCUT2D eigenvalue weighted by Gasteiger charge is 2.36. The summed E-state index contributed by atoms with van der Waals surface area (Å²) < 4.78 is 45.7. The number of morpholine rings is 1. The number of carbonyl (C=O) groups excluding carboxylic acids is 3. The molecule has 1 atom stereocenters. The van der Waals surface area contributed by atoms with Gasteiger partial charge in [-0.1, -0.05) is 0 Å². The van der Waals surface area contributed by atoms with Gasteiger partial charge in [0.25, 0.3) is 11.8 Å². The number of halogens is 3. The minimum Gasteiger partial charge on any atom is -0.370 e. The fourth-order valence-electron chi connectivity index (χ4n) is 2.97. The molecule has 158 valence electrons. The number of amides is 3. The highest BCUT2D eigenvalue weighted by molar-refractivity contribution is 6.10. The van der Waals surface area contributed by atoms with Crippen molar-refractivity contribution in [3.8, 4) is 0 Å². The van der Waals surface area contributed by atoms with Gasteiger partial charge in [-0.2, -0.15) is 13.2 Å². The molecule has 1 aromatic carbocycles. The average molecular weight is 414 g/mol. The molecule has 11 heteroatoms. The Bertz CT molecular complexity index is 811. The zero-order chi connectivity index (χ0) is 21.2. The lowest BCUT2D eigenvalue weighted by Crippen LogP contribution is -2.50. The molecule has 29 heavy (non-hydrogen) atoms. The van der Waals surface area contributed by atoms with Crippen molar-refractivity contribution in [2.24, 2.45) is 11.7 Å². The number of rotatable bonds is 7. The zero-order valence-corrected chi connectivity index (χ0v) is 15.4. The van der Waals surface area contributed by atoms with Crippen LogP contribution in [-0.2, 0) is 25.3 Å². The first kappa shape index (κ1) is 21.1. The molecule has 0 radical (unpaired) electrons. The largest absolute Gasteiger partial charge is 0.418 e. The summed E-state index contributed by atoms with van der Waals surface area (Å²) in [7, 11) is 0. The topological polar surface area (TPSA) is 114 Å². The Balaban J connectivity index is 1.82. The van der Waals surface area contributed by atoms with E-state index in [1.165, 1.54) is 11.0 Å². The maximum atomic E-state index is 13.6. The average Bonchev–Trinajstić information content (AvgIpc) is 3.46. The normalized spacial score (nSPS) is 18.4. The molecule has 1 aliphatic carbocycles. The van der Waals surface area contributed by atoms with E-state index in [4.69, 9.17) is 10.5 Å². The van der Waals surface area contributed by atoms with Crippen molar-refractivity contribution in [1.29, 1.82) is 0 Å². The van der Waals surface area contributed by atoms with E-state index in [0.29, 0.717) is 12.5 Å². The molecule has 3 rings (SSSR count). The van der Waals surface area contributed by atoms with E-state index < -0.39 is 41.2 Å². The van der Waals surface area contributed by atoms with Crippen molar-refractivity contribution >= 4 is 29.1 Å². The van der Waals surface area contributed by atoms with E-state index in [1.54, 1.807) is 0 Å². The van der Waals surface area contributed by atoms with Gasteiger partial charge in [0.05, 0.1) is 17.9 Å². The van der Waals surface area contributed by atoms with Gasteiger partial charge in [0.1, 0.15) is 6.61 Å². The van der Waals surface area contributed by atoms with Crippen molar-refractivity contribution < 1.29 is 32.3 Å². The van der Waals surface area contributed by atoms with E-state index >= 15 is 0 Å². The Hall–Kier alpha value is -2.66. The van der Waals surface area contributed by atoms with Crippen LogP contribution in [-0.4, -0.2) is 50.1 Å². The summed E-state index contributed by atoms with van der Waals surface area (Å²) in [6.45, 7) is 0.493. The Morgan fingerprint density at radius 3 is 2.62 bits per heavy atom. The van der Waals surface area contributed by atoms with Crippen LogP contribution in [0.3, 0.4) is 0 Å². The van der Waals surface area contributed by atoms with Crippen LogP contribution in [0.15, 0.2) is 18.2 Å². The second kappa shape index (κ2) is 8.37. The number of hydrogen-bond donors (Lipinski definition) is 3. The standard InChI is InChI=1S/C18H21F3N4O4/c19-18(20,21)12-7-11(25-5-6-29-9-14(25)26)3-4-13(12)24-17(28)15(16(22)27)23-8-10-1-2-10/h3-4,7,10,15,23H,1-2,5-6,8-9H2,(H2,22,27)(H,24,28)/t15-/m0/s1. The second-order valence-corrected chi connectivity index (χ2v) is 7.00. The fraction of sp³-hybridized carbons (Fsp3) is 0.500. The molecule has 1 saturated heterocycles. The Morgan fingerprint density at radius 2 is 2.03 bits per heavy atom. The van der Waals surface area contributed by atoms with E-state index in [-0.39, 0.29) is 25.4 Å². The summed E-state index contributed by atoms with van der Waals surface area (Å²) in [4.78, 5) is 37.0. The van der Waals surface area contributed by atoms with Crippen LogP contribution < -0.4 is 21.3 Å². The molecule has 2 fully saturated rings. The molecule has 0 bridgehead atoms. The molecule has 3 amide bonds. The lowest BCUT2D eigenvalue weighted by molar-refractivity contribution is -0.137. The first-order chi connectivity index (χ1) is 13.7. The number of hydrogen-bond acceptors (Lipinski definition) is 5. The van der Waals surface area contributed by atoms with Crippen LogP contribution >= 0.6 is 0 Å². The molecule has 1 aliphatic heterocycles. The SMILES string of the molecule is NC(=O)[C@H](NCC1CC1)C(=O)Nc1ccc(N2CCOCC2=O)cc1C(F)(F)F. The number of anilines is 2. The number of ether oxygens (including phenoxy) is 1. The zero-order valence-electron chi connectivity index (χ0n) is 15.4. The van der Waals surface area contributed by atoms with Crippen LogP contribution in [0.5, 0.6) is 0 Å². The summed E-state index contributed by atoms with van der Waals surface area (Å²) in [6.07, 6.45) is -2.88. The molecule has 4 N–H and O–H groups in total. The van der Waals surface area contributed by atoms with Gasteiger partial charge in [-0.05, 0) is 43.5 Å². The Morgan fingerprint density at radius 1 is 1.31 bits per heavy atom. The molecule has 1 aromatic rings. The number of nitrogens with zero attached hydrogens (tertiary/aromatic N) is 1. The Kier molecular flexibility index (Phi) is 6.08. The first-order valence-corrected chi connectivity index (χ1v) is 9.09. The third-order valence-electron chi connectivity index (χ3n) is 4.72. The fourth-order valence-corrected chi connectivity index (χ4v) is 2.97. The van der Waals surface area contributed by atoms with Crippen LogP contribution in [0.1, 0.15) is 18.4 Å². The third kappa shape index (κ3) is 5.24. The lowest BCUT2D eigenvalue weighted by atomic mass is 10.1. The predicted octanol–water partition coefficient (Wildman–Crippen LogP) is 0.861. The van der Waals surface area contributed by atoms with Gasteiger partial charge in [-0.3, -0.25) is 19.7 Å². The summed E-state index contributed by atoms with van der Waals surface area (Å²) in [5, 5.41) is 4.83. The predicted molar refractivity (Wildman–Crippen MR) is 97.0 cm³/mol. The smallest absolute Gasteiger partial charge is 0.370 e. The van der Waals surface area contributed by atoms with Crippen molar-refractivity contribution in [3.05, 3.63) is 23.8 Å². The van der Waals surface area contributed by atoms with E-state index in [1.807, 2.05) is 0 Å². The van der Waals surface area contributed by atoms with Gasteiger partial charge in [0.15, 0.2) is 6.04 Å². The van der Waals surface area contributed by atoms with E-state index in [9.17, 15) is 27.6 Å². The second-order valence-electron chi connectivity index (χ2n) is 7.00. The number of alkyl halides is 3. The molecular formula is C18H21F3N4O4. The quantitative estimate of drug-likeness (QED) is 0.573. The van der Waals surface area contributed by atoms with Gasteiger partial charge in [0.2, 0.25) is 5.91 Å². The van der Waals surface area contributed by atoms with Gasteiger partial charge in [-0.15, -0.1) is 0 Å². The molecule has 1 heterocycles. The van der Waals surface area contributed by atoms with Crippen molar-refractivity contribution in [1.82, 2.24) is 5.32 Å². The van der Waals surface area contributed by atoms with Gasteiger partial charge in [-0.25, -0.2) is 0 Å². The van der Waals surface area contributed by atoms with Crippen molar-refractivity contribution in [2.75, 3.05) is 36.5 Å². The Labute approximate surface area is 164 Å². The molecule has 0 unspecified atom stereocenters. The lowest BCUT2D eigenvalue weighted by Gasteiger charge is -2.28. The van der Waals surface area contributed by atoms with Crippen molar-refractivity contribution in [2.45, 2.75) is 25.1 Å². The maximum Gasteiger partial charge on any atom is 0.418 e. The van der Waals surface area contributed by atoms with Crippen LogP contribution in [0.25, 0.3) is 0 Å².